The summed E-state index contributed by atoms with van der Waals surface area (Å²) >= 11 is 1.47. The molecule has 1 heterocycles. The van der Waals surface area contributed by atoms with Gasteiger partial charge in [0.2, 0.25) is 5.91 Å². The molecule has 126 valence electrons. The van der Waals surface area contributed by atoms with E-state index in [1.54, 1.807) is 0 Å². The topological polar surface area (TPSA) is 90.2 Å². The Morgan fingerprint density at radius 3 is 2.71 bits per heavy atom. The van der Waals surface area contributed by atoms with Gasteiger partial charge in [0.25, 0.3) is 0 Å². The second-order valence-electron chi connectivity index (χ2n) is 6.65. The maximum Gasteiger partial charge on any atom is 0.307 e. The number of hydrogen-bond donors (Lipinski definition) is 2. The van der Waals surface area contributed by atoms with Gasteiger partial charge in [0.05, 0.1) is 17.4 Å². The van der Waals surface area contributed by atoms with Gasteiger partial charge in [-0.1, -0.05) is 19.1 Å². The van der Waals surface area contributed by atoms with Crippen molar-refractivity contribution in [2.45, 2.75) is 39.0 Å². The smallest absolute Gasteiger partial charge is 0.307 e. The average molecular weight is 344 g/mol. The Hall–Kier alpha value is -2.13. The monoisotopic (exact) mass is 344 g/mol. The summed E-state index contributed by atoms with van der Waals surface area (Å²) in [7, 11) is 0. The molecule has 0 aliphatic heterocycles. The molecule has 2 aliphatic rings. The summed E-state index contributed by atoms with van der Waals surface area (Å²) in [6.07, 6.45) is 7.33. The molecule has 1 aromatic rings. The zero-order chi connectivity index (χ0) is 17.3. The van der Waals surface area contributed by atoms with E-state index in [1.807, 2.05) is 12.2 Å². The van der Waals surface area contributed by atoms with Crippen molar-refractivity contribution in [1.29, 1.82) is 5.26 Å². The van der Waals surface area contributed by atoms with Crippen molar-refractivity contribution in [3.05, 3.63) is 28.2 Å². The van der Waals surface area contributed by atoms with E-state index in [1.165, 1.54) is 16.2 Å². The van der Waals surface area contributed by atoms with Gasteiger partial charge in [-0.15, -0.1) is 11.3 Å². The van der Waals surface area contributed by atoms with Crippen LogP contribution in [0.1, 0.15) is 42.2 Å². The molecule has 5 nitrogen and oxygen atoms in total. The fraction of sp³-hybridized carbons (Fsp3) is 0.500. The molecule has 1 amide bonds. The number of thiophene rings is 1. The second-order valence-corrected chi connectivity index (χ2v) is 7.76. The maximum atomic E-state index is 12.6. The van der Waals surface area contributed by atoms with Crippen LogP contribution in [0.5, 0.6) is 0 Å². The Balaban J connectivity index is 1.83. The van der Waals surface area contributed by atoms with Gasteiger partial charge in [0.1, 0.15) is 11.1 Å². The Labute approximate surface area is 145 Å². The number of anilines is 1. The third-order valence-corrected chi connectivity index (χ3v) is 6.12. The summed E-state index contributed by atoms with van der Waals surface area (Å²) in [5.74, 6) is -1.94. The highest BCUT2D eigenvalue weighted by Crippen LogP contribution is 2.39. The van der Waals surface area contributed by atoms with E-state index in [4.69, 9.17) is 0 Å². The van der Waals surface area contributed by atoms with Crippen LogP contribution in [0.4, 0.5) is 5.00 Å². The first kappa shape index (κ1) is 16.7. The number of nitrogens with zero attached hydrogens (tertiary/aromatic N) is 1. The molecule has 24 heavy (non-hydrogen) atoms. The lowest BCUT2D eigenvalue weighted by molar-refractivity contribution is -0.146. The third-order valence-electron chi connectivity index (χ3n) is 4.95. The van der Waals surface area contributed by atoms with Crippen molar-refractivity contribution in [2.75, 3.05) is 5.32 Å². The Morgan fingerprint density at radius 2 is 2.04 bits per heavy atom. The van der Waals surface area contributed by atoms with Crippen LogP contribution < -0.4 is 5.32 Å². The number of nitrogens with one attached hydrogen (secondary N) is 1. The third kappa shape index (κ3) is 3.09. The predicted molar refractivity (Wildman–Crippen MR) is 91.8 cm³/mol. The predicted octanol–water partition coefficient (Wildman–Crippen LogP) is 3.35. The fourth-order valence-corrected chi connectivity index (χ4v) is 4.90. The lowest BCUT2D eigenvalue weighted by Gasteiger charge is -2.23. The number of allylic oxidation sites excluding steroid dienone is 2. The summed E-state index contributed by atoms with van der Waals surface area (Å²) in [4.78, 5) is 25.2. The summed E-state index contributed by atoms with van der Waals surface area (Å²) in [5, 5.41) is 22.2. The summed E-state index contributed by atoms with van der Waals surface area (Å²) in [5.41, 5.74) is 1.63. The molecule has 0 saturated carbocycles. The largest absolute Gasteiger partial charge is 0.481 e. The maximum absolute atomic E-state index is 12.6. The minimum atomic E-state index is -0.945. The van der Waals surface area contributed by atoms with Gasteiger partial charge in [-0.2, -0.15) is 5.26 Å². The summed E-state index contributed by atoms with van der Waals surface area (Å²) in [6, 6.07) is 2.23. The number of amides is 1. The van der Waals surface area contributed by atoms with Crippen molar-refractivity contribution < 1.29 is 14.7 Å². The molecular formula is C18H20N2O3S. The quantitative estimate of drug-likeness (QED) is 0.823. The van der Waals surface area contributed by atoms with Crippen LogP contribution in [0.3, 0.4) is 0 Å². The Bertz CT molecular complexity index is 744. The van der Waals surface area contributed by atoms with Crippen molar-refractivity contribution in [2.24, 2.45) is 17.8 Å². The Kier molecular flexibility index (Phi) is 4.72. The molecule has 0 aromatic carbocycles. The van der Waals surface area contributed by atoms with Crippen molar-refractivity contribution in [1.82, 2.24) is 0 Å². The number of hydrogen-bond acceptors (Lipinski definition) is 4. The molecule has 3 atom stereocenters. The van der Waals surface area contributed by atoms with Gasteiger partial charge in [-0.3, -0.25) is 9.59 Å². The van der Waals surface area contributed by atoms with Crippen molar-refractivity contribution in [3.63, 3.8) is 0 Å². The number of fused-ring (bicyclic) bond motifs is 1. The van der Waals surface area contributed by atoms with E-state index in [9.17, 15) is 20.0 Å². The van der Waals surface area contributed by atoms with Crippen molar-refractivity contribution in [3.8, 4) is 6.07 Å². The molecule has 0 radical (unpaired) electrons. The second kappa shape index (κ2) is 6.78. The minimum absolute atomic E-state index is 0.296. The molecule has 0 spiro atoms. The standard InChI is InChI=1S/C18H20N2O3S/c1-10-6-7-11-14(9-19)17(24-15(11)8-10)20-16(21)12-4-2-3-5-13(12)18(22)23/h2-3,10,12-13H,4-8H2,1H3,(H,20,21)(H,22,23)/t10-,12+,13-/m1/s1. The van der Waals surface area contributed by atoms with Gasteiger partial charge in [0.15, 0.2) is 0 Å². The number of rotatable bonds is 3. The number of nitriles is 1. The van der Waals surface area contributed by atoms with Gasteiger partial charge >= 0.3 is 5.97 Å². The van der Waals surface area contributed by atoms with Gasteiger partial charge < -0.3 is 10.4 Å². The lowest BCUT2D eigenvalue weighted by atomic mass is 9.82. The molecular weight excluding hydrogens is 324 g/mol. The summed E-state index contributed by atoms with van der Waals surface area (Å²) in [6.45, 7) is 2.19. The first-order valence-electron chi connectivity index (χ1n) is 8.24. The van der Waals surface area contributed by atoms with E-state index in [2.05, 4.69) is 18.3 Å². The zero-order valence-electron chi connectivity index (χ0n) is 13.5. The molecule has 0 bridgehead atoms. The van der Waals surface area contributed by atoms with Crippen LogP contribution in [0.15, 0.2) is 12.2 Å². The average Bonchev–Trinajstić information content (AvgIpc) is 2.90. The van der Waals surface area contributed by atoms with E-state index < -0.39 is 17.8 Å². The molecule has 0 fully saturated rings. The highest BCUT2D eigenvalue weighted by atomic mass is 32.1. The number of carboxylic acids is 1. The number of carboxylic acid groups (broad SMARTS) is 1. The van der Waals surface area contributed by atoms with E-state index in [0.717, 1.165) is 24.8 Å². The first-order valence-corrected chi connectivity index (χ1v) is 9.06. The highest BCUT2D eigenvalue weighted by molar-refractivity contribution is 7.16. The lowest BCUT2D eigenvalue weighted by Crippen LogP contribution is -2.34. The van der Waals surface area contributed by atoms with Crippen LogP contribution in [-0.2, 0) is 22.4 Å². The van der Waals surface area contributed by atoms with Crippen LogP contribution in [0, 0.1) is 29.1 Å². The molecule has 0 unspecified atom stereocenters. The van der Waals surface area contributed by atoms with Crippen LogP contribution in [-0.4, -0.2) is 17.0 Å². The van der Waals surface area contributed by atoms with E-state index >= 15 is 0 Å². The molecule has 2 aliphatic carbocycles. The van der Waals surface area contributed by atoms with Gasteiger partial charge in [0, 0.05) is 4.88 Å². The van der Waals surface area contributed by atoms with Gasteiger partial charge in [-0.05, 0) is 43.6 Å². The molecule has 1 aromatic heterocycles. The Morgan fingerprint density at radius 1 is 1.33 bits per heavy atom. The highest BCUT2D eigenvalue weighted by Gasteiger charge is 2.35. The van der Waals surface area contributed by atoms with Crippen LogP contribution >= 0.6 is 11.3 Å². The number of carbonyl (C=O) groups is 2. The normalized spacial score (nSPS) is 25.6. The van der Waals surface area contributed by atoms with E-state index in [0.29, 0.717) is 29.3 Å². The number of carbonyl (C=O) groups excluding carboxylic acids is 1. The first-order chi connectivity index (χ1) is 11.5. The van der Waals surface area contributed by atoms with Gasteiger partial charge in [-0.25, -0.2) is 0 Å². The fourth-order valence-electron chi connectivity index (χ4n) is 3.54. The molecule has 6 heteroatoms. The summed E-state index contributed by atoms with van der Waals surface area (Å²) < 4.78 is 0. The number of aliphatic carboxylic acids is 1. The van der Waals surface area contributed by atoms with Crippen LogP contribution in [0.25, 0.3) is 0 Å². The SMILES string of the molecule is C[C@@H]1CCc2c(sc(NC(=O)[C@H]3CC=CC[C@H]3C(=O)O)c2C#N)C1. The van der Waals surface area contributed by atoms with E-state index in [-0.39, 0.29) is 5.91 Å². The minimum Gasteiger partial charge on any atom is -0.481 e. The van der Waals surface area contributed by atoms with Crippen molar-refractivity contribution >= 4 is 28.2 Å². The van der Waals surface area contributed by atoms with Crippen LogP contribution in [0.2, 0.25) is 0 Å². The molecule has 2 N–H and O–H groups in total. The zero-order valence-corrected chi connectivity index (χ0v) is 14.4. The molecule has 3 rings (SSSR count). The molecule has 0 saturated heterocycles.